The quantitative estimate of drug-likeness (QED) is 0.0214. The number of carbonyl (C=O) groups excluding carboxylic acids is 2. The SMILES string of the molecule is CCS(=O)(=O)c1cccnc1S(=O)(=O)NC(=O)Nc1nc(OC)cc(OC)n1.COc1nc(C)nc(NC(=O)NS(=O)(=O)c2ccccc2CCC(F)(F)F)n1.Nc1c([N+](=O)[O-])ccc(Oc2ccccc2)c1Cl.O=C(O)CNCP(=O)(O)O. The van der Waals surface area contributed by atoms with Gasteiger partial charge in [-0.15, -0.1) is 0 Å². The topological polar surface area (TPSA) is 475 Å². The molecule has 3 heterocycles. The van der Waals surface area contributed by atoms with Crippen molar-refractivity contribution >= 4 is 90.4 Å². The van der Waals surface area contributed by atoms with Crippen LogP contribution in [0.15, 0.2) is 106 Å². The van der Waals surface area contributed by atoms with Gasteiger partial charge in [0.15, 0.2) is 14.9 Å². The van der Waals surface area contributed by atoms with Crippen LogP contribution in [0.1, 0.15) is 24.7 Å². The minimum atomic E-state index is -4.61. The minimum absolute atomic E-state index is 0.0352. The number of rotatable bonds is 20. The number of nitro benzene ring substituents is 1. The van der Waals surface area contributed by atoms with E-state index in [2.05, 4.69) is 45.9 Å². The first-order chi connectivity index (χ1) is 39.1. The van der Waals surface area contributed by atoms with Crippen molar-refractivity contribution in [1.29, 1.82) is 0 Å². The van der Waals surface area contributed by atoms with E-state index >= 15 is 0 Å². The van der Waals surface area contributed by atoms with Crippen LogP contribution in [0.5, 0.6) is 29.3 Å². The van der Waals surface area contributed by atoms with E-state index in [1.165, 1.54) is 77.6 Å². The molecule has 0 saturated carbocycles. The van der Waals surface area contributed by atoms with Crippen molar-refractivity contribution < 1.29 is 96.1 Å². The zero-order valence-electron chi connectivity index (χ0n) is 44.0. The summed E-state index contributed by atoms with van der Waals surface area (Å²) < 4.78 is 145. The average Bonchev–Trinajstić information content (AvgIpc) is 1.64. The van der Waals surface area contributed by atoms with Crippen molar-refractivity contribution in [3.8, 4) is 29.3 Å². The highest BCUT2D eigenvalue weighted by Crippen LogP contribution is 2.39. The third kappa shape index (κ3) is 23.3. The number of anilines is 3. The molecule has 0 radical (unpaired) electrons. The molecular formula is C44H50ClF3N13O19PS3. The van der Waals surface area contributed by atoms with Gasteiger partial charge in [0.1, 0.15) is 32.9 Å². The lowest BCUT2D eigenvalue weighted by Crippen LogP contribution is -2.36. The molecular weight excluding hydrogens is 1230 g/mol. The first kappa shape index (κ1) is 69.6. The Morgan fingerprint density at radius 2 is 1.35 bits per heavy atom. The number of hydrogen-bond acceptors (Lipinski definition) is 24. The lowest BCUT2D eigenvalue weighted by molar-refractivity contribution is -0.383. The highest BCUT2D eigenvalue weighted by atomic mass is 35.5. The first-order valence-electron chi connectivity index (χ1n) is 22.8. The van der Waals surface area contributed by atoms with E-state index in [4.69, 9.17) is 51.2 Å². The number of aryl methyl sites for hydroxylation is 2. The van der Waals surface area contributed by atoms with Gasteiger partial charge >= 0.3 is 37.8 Å². The van der Waals surface area contributed by atoms with E-state index in [1.807, 2.05) is 6.07 Å². The van der Waals surface area contributed by atoms with Crippen LogP contribution in [0.3, 0.4) is 0 Å². The van der Waals surface area contributed by atoms with Crippen molar-refractivity contribution in [1.82, 2.24) is 44.7 Å². The van der Waals surface area contributed by atoms with E-state index in [9.17, 15) is 67.5 Å². The summed E-state index contributed by atoms with van der Waals surface area (Å²) in [4.78, 5) is 82.0. The molecule has 3 aromatic heterocycles. The van der Waals surface area contributed by atoms with Crippen LogP contribution in [0.25, 0.3) is 0 Å². The van der Waals surface area contributed by atoms with Crippen molar-refractivity contribution in [3.05, 3.63) is 118 Å². The Morgan fingerprint density at radius 3 is 1.88 bits per heavy atom. The Bertz CT molecular complexity index is 3670. The number of alkyl halides is 3. The van der Waals surface area contributed by atoms with Gasteiger partial charge in [-0.05, 0) is 55.3 Å². The highest BCUT2D eigenvalue weighted by molar-refractivity contribution is 7.93. The third-order valence-corrected chi connectivity index (χ3v) is 15.1. The monoisotopic (exact) mass is 1280 g/mol. The van der Waals surface area contributed by atoms with E-state index in [0.717, 1.165) is 18.3 Å². The van der Waals surface area contributed by atoms with Crippen LogP contribution < -0.4 is 50.1 Å². The summed E-state index contributed by atoms with van der Waals surface area (Å²) in [6, 6.07) is 17.9. The lowest BCUT2D eigenvalue weighted by atomic mass is 10.1. The van der Waals surface area contributed by atoms with Crippen molar-refractivity contribution in [2.24, 2.45) is 0 Å². The molecule has 6 rings (SSSR count). The number of nitrogens with zero attached hydrogens (tertiary/aromatic N) is 7. The Morgan fingerprint density at radius 1 is 0.786 bits per heavy atom. The zero-order valence-corrected chi connectivity index (χ0v) is 48.1. The van der Waals surface area contributed by atoms with Gasteiger partial charge in [-0.2, -0.15) is 46.5 Å². The fourth-order valence-electron chi connectivity index (χ4n) is 5.82. The second-order valence-corrected chi connectivity index (χ2v) is 23.2. The van der Waals surface area contributed by atoms with E-state index in [-0.39, 0.29) is 69.0 Å². The number of methoxy groups -OCH3 is 3. The van der Waals surface area contributed by atoms with Crippen LogP contribution in [0.4, 0.5) is 46.0 Å². The summed E-state index contributed by atoms with van der Waals surface area (Å²) in [5, 5.41) is 24.2. The number of sulfonamides is 2. The number of aliphatic carboxylic acids is 1. The van der Waals surface area contributed by atoms with Crippen LogP contribution >= 0.6 is 19.2 Å². The Labute approximate surface area is 480 Å². The Balaban J connectivity index is 0.000000311. The van der Waals surface area contributed by atoms with Gasteiger partial charge in [-0.1, -0.05) is 54.9 Å². The highest BCUT2D eigenvalue weighted by Gasteiger charge is 2.31. The number of carbonyl (C=O) groups is 3. The van der Waals surface area contributed by atoms with E-state index in [0.29, 0.717) is 5.75 Å². The number of halogens is 4. The zero-order chi connectivity index (χ0) is 63.2. The number of nitrogens with one attached hydrogen (secondary N) is 5. The number of amides is 4. The normalized spacial score (nSPS) is 11.3. The molecule has 0 aliphatic rings. The summed E-state index contributed by atoms with van der Waals surface area (Å²) in [5.74, 6) is -0.856. The number of carboxylic acids is 1. The summed E-state index contributed by atoms with van der Waals surface area (Å²) in [5.41, 5.74) is 5.18. The predicted octanol–water partition coefficient (Wildman–Crippen LogP) is 4.81. The number of carboxylic acid groups (broad SMARTS) is 1. The van der Waals surface area contributed by atoms with Crippen LogP contribution in [0.2, 0.25) is 5.02 Å². The maximum atomic E-state index is 12.5. The van der Waals surface area contributed by atoms with Gasteiger partial charge in [0.25, 0.3) is 25.7 Å². The molecule has 0 aliphatic carbocycles. The maximum absolute atomic E-state index is 12.5. The van der Waals surface area contributed by atoms with E-state index < -0.39 is 107 Å². The predicted molar refractivity (Wildman–Crippen MR) is 289 cm³/mol. The number of nitro groups is 1. The van der Waals surface area contributed by atoms with Gasteiger partial charge in [-0.3, -0.25) is 35.4 Å². The number of para-hydroxylation sites is 1. The van der Waals surface area contributed by atoms with Gasteiger partial charge < -0.3 is 39.6 Å². The Hall–Kier alpha value is -8.65. The molecule has 0 unspecified atom stereocenters. The summed E-state index contributed by atoms with van der Waals surface area (Å²) in [7, 11) is -13.1. The molecule has 0 atom stereocenters. The number of sulfone groups is 1. The number of nitrogen functional groups attached to an aromatic ring is 1. The van der Waals surface area contributed by atoms with Crippen LogP contribution in [-0.4, -0.2) is 139 Å². The minimum Gasteiger partial charge on any atom is -0.481 e. The largest absolute Gasteiger partial charge is 0.481 e. The number of hydrogen-bond donors (Lipinski definition) is 9. The number of ether oxygens (including phenoxy) is 4. The van der Waals surface area contributed by atoms with Crippen LogP contribution in [0, 0.1) is 17.0 Å². The second kappa shape index (κ2) is 31.1. The summed E-state index contributed by atoms with van der Waals surface area (Å²) in [6.07, 6.45) is -5.70. The first-order valence-corrected chi connectivity index (χ1v) is 29.6. The molecule has 6 aromatic rings. The molecule has 0 aliphatic heterocycles. The standard InChI is InChI=1S/C15H16F3N5O4S.C14H17N5O7S2.C12H9ClN2O3.C3H8NO5P/c1-9-19-12(22-14(20-9)27-2)21-13(24)23-28(25,26)11-6-4-3-5-10(11)7-8-15(16,17)18;1-4-27(21,22)9-6-5-7-15-12(9)28(23,24)19-14(20)18-13-16-10(25-2)8-11(17-13)26-3;13-11-10(18-8-4-2-1-3-5-8)7-6-9(12(11)14)15(16)17;5-3(6)1-4-2-10(7,8)9/h3-6H,7-8H2,1-2H3,(H2,19,20,21,22,23,24);5-8H,4H2,1-3H3,(H2,16,17,18,19,20);1-7H,14H2;4H,1-2H2,(H,5,6)(H2,7,8,9). The average molecular weight is 1280 g/mol. The fraction of sp³-hybridized carbons (Fsp3) is 0.250. The molecule has 4 amide bonds. The molecule has 0 bridgehead atoms. The molecule has 456 valence electrons. The Kier molecular flexibility index (Phi) is 25.8. The molecule has 32 nitrogen and oxygen atoms in total. The number of urea groups is 2. The number of aromatic nitrogens is 6. The summed E-state index contributed by atoms with van der Waals surface area (Å²) >= 11 is 5.94. The van der Waals surface area contributed by atoms with Gasteiger partial charge in [-0.25, -0.2) is 40.9 Å². The smallest absolute Gasteiger partial charge is 0.389 e. The van der Waals surface area contributed by atoms with E-state index in [1.54, 1.807) is 33.7 Å². The molecule has 3 aromatic carbocycles. The van der Waals surface area contributed by atoms with Gasteiger partial charge in [0.2, 0.25) is 23.7 Å². The van der Waals surface area contributed by atoms with Gasteiger partial charge in [0.05, 0.1) is 55.8 Å². The summed E-state index contributed by atoms with van der Waals surface area (Å²) in [6.45, 7) is 2.42. The molecule has 0 fully saturated rings. The molecule has 0 saturated heterocycles. The molecule has 0 spiro atoms. The molecule has 84 heavy (non-hydrogen) atoms. The van der Waals surface area contributed by atoms with Crippen molar-refractivity contribution in [3.63, 3.8) is 0 Å². The maximum Gasteiger partial charge on any atom is 0.389 e. The second-order valence-electron chi connectivity index (χ2n) is 15.6. The third-order valence-electron chi connectivity index (χ3n) is 9.44. The van der Waals surface area contributed by atoms with Crippen LogP contribution in [-0.2, 0) is 45.7 Å². The number of benzene rings is 3. The number of nitrogens with two attached hydrogens (primary N) is 1. The fourth-order valence-corrected chi connectivity index (χ4v) is 10.1. The van der Waals surface area contributed by atoms with Crippen molar-refractivity contribution in [2.75, 3.05) is 56.3 Å². The molecule has 40 heteroatoms. The van der Waals surface area contributed by atoms with Gasteiger partial charge in [0, 0.05) is 18.7 Å². The lowest BCUT2D eigenvalue weighted by Gasteiger charge is -2.13. The van der Waals surface area contributed by atoms with Crippen molar-refractivity contribution in [2.45, 2.75) is 47.7 Å². The number of pyridine rings is 1. The molecule has 10 N–H and O–H groups in total.